The molecule has 6 heteroatoms. The maximum Gasteiger partial charge on any atom is 0.251 e. The van der Waals surface area contributed by atoms with E-state index in [4.69, 9.17) is 4.74 Å². The Balaban J connectivity index is 1.40. The van der Waals surface area contributed by atoms with Gasteiger partial charge in [-0.2, -0.15) is 0 Å². The number of amides is 1. The number of nitrogens with zero attached hydrogens (tertiary/aromatic N) is 2. The molecule has 0 radical (unpaired) electrons. The molecule has 6 nitrogen and oxygen atoms in total. The van der Waals surface area contributed by atoms with Gasteiger partial charge in [0.15, 0.2) is 0 Å². The summed E-state index contributed by atoms with van der Waals surface area (Å²) in [4.78, 5) is 21.4. The van der Waals surface area contributed by atoms with Gasteiger partial charge in [0.05, 0.1) is 7.11 Å². The number of hydrogen-bond acceptors (Lipinski definition) is 5. The van der Waals surface area contributed by atoms with Crippen molar-refractivity contribution in [2.75, 3.05) is 12.4 Å². The molecular formula is C26H24N4O2. The van der Waals surface area contributed by atoms with E-state index >= 15 is 0 Å². The molecule has 32 heavy (non-hydrogen) atoms. The highest BCUT2D eigenvalue weighted by Crippen LogP contribution is 2.21. The number of benzene rings is 3. The third kappa shape index (κ3) is 5.29. The maximum absolute atomic E-state index is 12.6. The van der Waals surface area contributed by atoms with Crippen molar-refractivity contribution in [3.63, 3.8) is 0 Å². The third-order valence-electron chi connectivity index (χ3n) is 4.97. The molecule has 1 amide bonds. The van der Waals surface area contributed by atoms with Crippen molar-refractivity contribution in [2.24, 2.45) is 0 Å². The Morgan fingerprint density at radius 2 is 1.69 bits per heavy atom. The number of aromatic nitrogens is 2. The summed E-state index contributed by atoms with van der Waals surface area (Å²) < 4.78 is 5.22. The minimum Gasteiger partial charge on any atom is -0.497 e. The highest BCUT2D eigenvalue weighted by atomic mass is 16.5. The first-order valence-electron chi connectivity index (χ1n) is 10.3. The summed E-state index contributed by atoms with van der Waals surface area (Å²) in [7, 11) is 1.62. The zero-order valence-electron chi connectivity index (χ0n) is 18.0. The van der Waals surface area contributed by atoms with Crippen LogP contribution in [0.25, 0.3) is 11.1 Å². The van der Waals surface area contributed by atoms with E-state index in [1.807, 2.05) is 48.5 Å². The summed E-state index contributed by atoms with van der Waals surface area (Å²) in [5.74, 6) is 1.07. The first-order valence-corrected chi connectivity index (χ1v) is 10.3. The van der Waals surface area contributed by atoms with Gasteiger partial charge in [0.25, 0.3) is 5.91 Å². The number of aryl methyl sites for hydroxylation is 1. The second-order valence-corrected chi connectivity index (χ2v) is 7.40. The Hall–Kier alpha value is -4.19. The predicted octanol–water partition coefficient (Wildman–Crippen LogP) is 5.13. The lowest BCUT2D eigenvalue weighted by Gasteiger charge is -2.09. The fourth-order valence-corrected chi connectivity index (χ4v) is 3.30. The number of hydrogen-bond donors (Lipinski definition) is 2. The molecule has 160 valence electrons. The molecule has 4 rings (SSSR count). The summed E-state index contributed by atoms with van der Waals surface area (Å²) in [5.41, 5.74) is 5.47. The number of carbonyl (C=O) groups is 1. The van der Waals surface area contributed by atoms with Crippen LogP contribution in [0.1, 0.15) is 21.5 Å². The van der Waals surface area contributed by atoms with Crippen LogP contribution in [0.4, 0.5) is 11.6 Å². The average molecular weight is 425 g/mol. The molecule has 0 bridgehead atoms. The molecular weight excluding hydrogens is 400 g/mol. The first kappa shape index (κ1) is 21.1. The SMILES string of the molecule is COc1cccc(CNC(=O)c2cccc(Nc3ncc(-c4cccc(C)c4)cn3)c2)c1. The summed E-state index contributed by atoms with van der Waals surface area (Å²) in [6, 6.07) is 23.1. The van der Waals surface area contributed by atoms with E-state index in [-0.39, 0.29) is 5.91 Å². The number of anilines is 2. The Kier molecular flexibility index (Phi) is 6.41. The highest BCUT2D eigenvalue weighted by molar-refractivity contribution is 5.95. The van der Waals surface area contributed by atoms with Crippen LogP contribution in [-0.4, -0.2) is 23.0 Å². The van der Waals surface area contributed by atoms with E-state index in [2.05, 4.69) is 39.7 Å². The normalized spacial score (nSPS) is 10.4. The molecule has 4 aromatic rings. The molecule has 0 atom stereocenters. The smallest absolute Gasteiger partial charge is 0.251 e. The van der Waals surface area contributed by atoms with Crippen molar-refractivity contribution in [1.82, 2.24) is 15.3 Å². The second kappa shape index (κ2) is 9.75. The number of nitrogens with one attached hydrogen (secondary N) is 2. The van der Waals surface area contributed by atoms with Crippen molar-refractivity contribution >= 4 is 17.5 Å². The quantitative estimate of drug-likeness (QED) is 0.430. The second-order valence-electron chi connectivity index (χ2n) is 7.40. The van der Waals surface area contributed by atoms with Crippen molar-refractivity contribution in [3.05, 3.63) is 102 Å². The molecule has 2 N–H and O–H groups in total. The minimum absolute atomic E-state index is 0.160. The summed E-state index contributed by atoms with van der Waals surface area (Å²) in [5, 5.41) is 6.09. The highest BCUT2D eigenvalue weighted by Gasteiger charge is 2.08. The van der Waals surface area contributed by atoms with Crippen molar-refractivity contribution in [1.29, 1.82) is 0 Å². The van der Waals surface area contributed by atoms with Crippen LogP contribution in [0.2, 0.25) is 0 Å². The Labute approximate surface area is 187 Å². The molecule has 0 spiro atoms. The van der Waals surface area contributed by atoms with Gasteiger partial charge in [-0.3, -0.25) is 4.79 Å². The van der Waals surface area contributed by atoms with Crippen LogP contribution in [0.3, 0.4) is 0 Å². The van der Waals surface area contributed by atoms with Gasteiger partial charge in [-0.25, -0.2) is 9.97 Å². The summed E-state index contributed by atoms with van der Waals surface area (Å²) in [6.45, 7) is 2.47. The van der Waals surface area contributed by atoms with Gasteiger partial charge < -0.3 is 15.4 Å². The molecule has 1 aromatic heterocycles. The largest absolute Gasteiger partial charge is 0.497 e. The van der Waals surface area contributed by atoms with Gasteiger partial charge in [0.1, 0.15) is 5.75 Å². The summed E-state index contributed by atoms with van der Waals surface area (Å²) >= 11 is 0. The molecule has 0 aliphatic rings. The molecule has 0 saturated heterocycles. The van der Waals surface area contributed by atoms with E-state index in [9.17, 15) is 4.79 Å². The lowest BCUT2D eigenvalue weighted by molar-refractivity contribution is 0.0951. The van der Waals surface area contributed by atoms with Gasteiger partial charge in [-0.1, -0.05) is 48.0 Å². The van der Waals surface area contributed by atoms with Crippen LogP contribution in [0.15, 0.2) is 85.2 Å². The van der Waals surface area contributed by atoms with Gasteiger partial charge >= 0.3 is 0 Å². The van der Waals surface area contributed by atoms with Crippen LogP contribution >= 0.6 is 0 Å². The predicted molar refractivity (Wildman–Crippen MR) is 126 cm³/mol. The lowest BCUT2D eigenvalue weighted by Crippen LogP contribution is -2.22. The lowest BCUT2D eigenvalue weighted by atomic mass is 10.1. The standard InChI is InChI=1S/C26H24N4O2/c1-18-6-3-8-20(12-18)22-16-28-26(29-17-22)30-23-10-5-9-21(14-23)25(31)27-15-19-7-4-11-24(13-19)32-2/h3-14,16-17H,15H2,1-2H3,(H,27,31)(H,28,29,30). The Bertz CT molecular complexity index is 1220. The molecule has 0 aliphatic heterocycles. The summed E-state index contributed by atoms with van der Waals surface area (Å²) in [6.07, 6.45) is 3.57. The minimum atomic E-state index is -0.160. The Morgan fingerprint density at radius 1 is 0.906 bits per heavy atom. The van der Waals surface area contributed by atoms with Crippen LogP contribution in [0, 0.1) is 6.92 Å². The maximum atomic E-state index is 12.6. The number of methoxy groups -OCH3 is 1. The van der Waals surface area contributed by atoms with Gasteiger partial charge in [0, 0.05) is 35.8 Å². The molecule has 0 aliphatic carbocycles. The van der Waals surface area contributed by atoms with Crippen LogP contribution < -0.4 is 15.4 Å². The van der Waals surface area contributed by atoms with E-state index in [1.54, 1.807) is 31.6 Å². The van der Waals surface area contributed by atoms with E-state index in [1.165, 1.54) is 5.56 Å². The van der Waals surface area contributed by atoms with Crippen molar-refractivity contribution in [2.45, 2.75) is 13.5 Å². The van der Waals surface area contributed by atoms with Gasteiger partial charge in [-0.15, -0.1) is 0 Å². The zero-order chi connectivity index (χ0) is 22.3. The van der Waals surface area contributed by atoms with E-state index in [0.29, 0.717) is 18.1 Å². The van der Waals surface area contributed by atoms with E-state index in [0.717, 1.165) is 28.1 Å². The van der Waals surface area contributed by atoms with Crippen LogP contribution in [-0.2, 0) is 6.54 Å². The van der Waals surface area contributed by atoms with Gasteiger partial charge in [-0.05, 0) is 48.4 Å². The number of rotatable bonds is 7. The molecule has 3 aromatic carbocycles. The third-order valence-corrected chi connectivity index (χ3v) is 4.97. The Morgan fingerprint density at radius 3 is 2.47 bits per heavy atom. The fourth-order valence-electron chi connectivity index (χ4n) is 3.30. The molecule has 0 saturated carbocycles. The first-order chi connectivity index (χ1) is 15.6. The van der Waals surface area contributed by atoms with Gasteiger partial charge in [0.2, 0.25) is 5.95 Å². The average Bonchev–Trinajstić information content (AvgIpc) is 2.83. The fraction of sp³-hybridized carbons (Fsp3) is 0.115. The monoisotopic (exact) mass is 424 g/mol. The zero-order valence-corrected chi connectivity index (χ0v) is 18.0. The van der Waals surface area contributed by atoms with Crippen LogP contribution in [0.5, 0.6) is 5.75 Å². The number of carbonyl (C=O) groups excluding carboxylic acids is 1. The molecule has 0 unspecified atom stereocenters. The topological polar surface area (TPSA) is 76.1 Å². The van der Waals surface area contributed by atoms with Crippen molar-refractivity contribution < 1.29 is 9.53 Å². The number of ether oxygens (including phenoxy) is 1. The molecule has 0 fully saturated rings. The van der Waals surface area contributed by atoms with Crippen molar-refractivity contribution in [3.8, 4) is 16.9 Å². The van der Waals surface area contributed by atoms with E-state index < -0.39 is 0 Å². The molecule has 1 heterocycles.